The van der Waals surface area contributed by atoms with E-state index in [1.807, 2.05) is 38.1 Å². The molecule has 2 aromatic rings. The number of amides is 1. The summed E-state index contributed by atoms with van der Waals surface area (Å²) in [6.45, 7) is 4.00. The van der Waals surface area contributed by atoms with Crippen molar-refractivity contribution in [2.45, 2.75) is 24.8 Å². The van der Waals surface area contributed by atoms with Crippen LogP contribution in [0.3, 0.4) is 0 Å². The molecule has 5 nitrogen and oxygen atoms in total. The summed E-state index contributed by atoms with van der Waals surface area (Å²) in [6, 6.07) is 11.5. The Kier molecular flexibility index (Phi) is 6.31. The molecule has 140 valence electrons. The van der Waals surface area contributed by atoms with Crippen LogP contribution >= 0.6 is 11.6 Å². The Morgan fingerprint density at radius 3 is 2.23 bits per heavy atom. The first-order chi connectivity index (χ1) is 12.1. The Morgan fingerprint density at radius 1 is 1.12 bits per heavy atom. The standard InChI is InChI=1S/C19H22ClNO4S/c1-12(2)18(13-5-8-15(25-3)9-6-13)21-19(22)14-7-10-16(20)17(11-14)26(4,23)24/h5-12,18H,1-4H3,(H,21,22)/t18-/m1/s1. The zero-order valence-corrected chi connectivity index (χ0v) is 16.7. The maximum atomic E-state index is 12.7. The van der Waals surface area contributed by atoms with E-state index in [0.717, 1.165) is 17.6 Å². The van der Waals surface area contributed by atoms with E-state index in [2.05, 4.69) is 5.32 Å². The summed E-state index contributed by atoms with van der Waals surface area (Å²) in [5.74, 6) is 0.508. The lowest BCUT2D eigenvalue weighted by atomic mass is 9.95. The van der Waals surface area contributed by atoms with E-state index < -0.39 is 9.84 Å². The topological polar surface area (TPSA) is 72.5 Å². The summed E-state index contributed by atoms with van der Waals surface area (Å²) >= 11 is 5.94. The monoisotopic (exact) mass is 395 g/mol. The zero-order chi connectivity index (χ0) is 19.5. The summed E-state index contributed by atoms with van der Waals surface area (Å²) in [5.41, 5.74) is 1.18. The highest BCUT2D eigenvalue weighted by molar-refractivity contribution is 7.90. The number of hydrogen-bond donors (Lipinski definition) is 1. The average molecular weight is 396 g/mol. The lowest BCUT2D eigenvalue weighted by Gasteiger charge is -2.23. The molecule has 7 heteroatoms. The van der Waals surface area contributed by atoms with Gasteiger partial charge in [-0.05, 0) is 41.8 Å². The largest absolute Gasteiger partial charge is 0.497 e. The third-order valence-electron chi connectivity index (χ3n) is 4.02. The molecular formula is C19H22ClNO4S. The van der Waals surface area contributed by atoms with Crippen molar-refractivity contribution in [1.29, 1.82) is 0 Å². The molecule has 0 radical (unpaired) electrons. The lowest BCUT2D eigenvalue weighted by molar-refractivity contribution is 0.0925. The van der Waals surface area contributed by atoms with Crippen molar-refractivity contribution < 1.29 is 17.9 Å². The van der Waals surface area contributed by atoms with Gasteiger partial charge < -0.3 is 10.1 Å². The first-order valence-electron chi connectivity index (χ1n) is 8.08. The third kappa shape index (κ3) is 4.77. The van der Waals surface area contributed by atoms with Gasteiger partial charge in [-0.3, -0.25) is 4.79 Å². The van der Waals surface area contributed by atoms with Crippen LogP contribution in [0.4, 0.5) is 0 Å². The third-order valence-corrected chi connectivity index (χ3v) is 5.60. The fraction of sp³-hybridized carbons (Fsp3) is 0.316. The Balaban J connectivity index is 2.30. The zero-order valence-electron chi connectivity index (χ0n) is 15.1. The SMILES string of the molecule is COc1ccc([C@H](NC(=O)c2ccc(Cl)c(S(C)(=O)=O)c2)C(C)C)cc1. The van der Waals surface area contributed by atoms with Gasteiger partial charge >= 0.3 is 0 Å². The molecule has 0 unspecified atom stereocenters. The van der Waals surface area contributed by atoms with Crippen LogP contribution in [-0.4, -0.2) is 27.7 Å². The summed E-state index contributed by atoms with van der Waals surface area (Å²) in [6.07, 6.45) is 1.06. The molecule has 1 atom stereocenters. The molecule has 0 aliphatic heterocycles. The molecule has 0 saturated heterocycles. The summed E-state index contributed by atoms with van der Waals surface area (Å²) < 4.78 is 28.8. The van der Waals surface area contributed by atoms with Gasteiger partial charge in [-0.1, -0.05) is 37.6 Å². The summed E-state index contributed by atoms with van der Waals surface area (Å²) in [4.78, 5) is 12.6. The van der Waals surface area contributed by atoms with E-state index in [4.69, 9.17) is 16.3 Å². The molecule has 0 heterocycles. The van der Waals surface area contributed by atoms with Crippen molar-refractivity contribution in [2.24, 2.45) is 5.92 Å². The minimum absolute atomic E-state index is 0.0580. The van der Waals surface area contributed by atoms with Gasteiger partial charge in [0.15, 0.2) is 9.84 Å². The number of benzene rings is 2. The number of nitrogens with one attached hydrogen (secondary N) is 1. The van der Waals surface area contributed by atoms with Crippen molar-refractivity contribution in [3.05, 3.63) is 58.6 Å². The Bertz CT molecular complexity index is 892. The number of carbonyl (C=O) groups is 1. The van der Waals surface area contributed by atoms with Gasteiger partial charge in [-0.2, -0.15) is 0 Å². The molecule has 0 aliphatic rings. The van der Waals surface area contributed by atoms with E-state index in [1.165, 1.54) is 18.2 Å². The van der Waals surface area contributed by atoms with Gasteiger partial charge in [0.1, 0.15) is 5.75 Å². The number of ether oxygens (including phenoxy) is 1. The highest BCUT2D eigenvalue weighted by Gasteiger charge is 2.21. The molecule has 1 amide bonds. The number of methoxy groups -OCH3 is 1. The number of carbonyl (C=O) groups excluding carboxylic acids is 1. The van der Waals surface area contributed by atoms with Crippen molar-refractivity contribution in [2.75, 3.05) is 13.4 Å². The van der Waals surface area contributed by atoms with Crippen LogP contribution in [-0.2, 0) is 9.84 Å². The van der Waals surface area contributed by atoms with Crippen molar-refractivity contribution in [3.8, 4) is 5.75 Å². The van der Waals surface area contributed by atoms with Crippen LogP contribution in [0.5, 0.6) is 5.75 Å². The first kappa shape index (κ1) is 20.3. The molecule has 0 fully saturated rings. The van der Waals surface area contributed by atoms with Crippen molar-refractivity contribution in [1.82, 2.24) is 5.32 Å². The molecule has 0 aliphatic carbocycles. The number of rotatable bonds is 6. The van der Waals surface area contributed by atoms with Crippen LogP contribution in [0.15, 0.2) is 47.4 Å². The van der Waals surface area contributed by atoms with E-state index in [9.17, 15) is 13.2 Å². The van der Waals surface area contributed by atoms with Crippen LogP contribution < -0.4 is 10.1 Å². The molecule has 2 rings (SSSR count). The van der Waals surface area contributed by atoms with Gasteiger partial charge in [-0.15, -0.1) is 0 Å². The highest BCUT2D eigenvalue weighted by Crippen LogP contribution is 2.26. The molecule has 0 aromatic heterocycles. The second kappa shape index (κ2) is 8.10. The van der Waals surface area contributed by atoms with Gasteiger partial charge in [0, 0.05) is 11.8 Å². The van der Waals surface area contributed by atoms with Gasteiger partial charge in [-0.25, -0.2) is 8.42 Å². The van der Waals surface area contributed by atoms with Crippen LogP contribution in [0.1, 0.15) is 35.8 Å². The fourth-order valence-corrected chi connectivity index (χ4v) is 3.90. The quantitative estimate of drug-likeness (QED) is 0.805. The minimum atomic E-state index is -3.52. The minimum Gasteiger partial charge on any atom is -0.497 e. The Labute approximate surface area is 159 Å². The second-order valence-electron chi connectivity index (χ2n) is 6.39. The number of sulfone groups is 1. The van der Waals surface area contributed by atoms with E-state index in [1.54, 1.807) is 7.11 Å². The van der Waals surface area contributed by atoms with Crippen LogP contribution in [0.25, 0.3) is 0 Å². The summed E-state index contributed by atoms with van der Waals surface area (Å²) in [5, 5.41) is 3.06. The van der Waals surface area contributed by atoms with Crippen LogP contribution in [0, 0.1) is 5.92 Å². The Hall–Kier alpha value is -2.05. The number of hydrogen-bond acceptors (Lipinski definition) is 4. The van der Waals surface area contributed by atoms with Gasteiger partial charge in [0.2, 0.25) is 0 Å². The maximum absolute atomic E-state index is 12.7. The molecule has 26 heavy (non-hydrogen) atoms. The van der Waals surface area contributed by atoms with Gasteiger partial charge in [0.25, 0.3) is 5.91 Å². The van der Waals surface area contributed by atoms with E-state index >= 15 is 0 Å². The molecule has 0 bridgehead atoms. The van der Waals surface area contributed by atoms with Crippen molar-refractivity contribution in [3.63, 3.8) is 0 Å². The smallest absolute Gasteiger partial charge is 0.251 e. The molecule has 0 saturated carbocycles. The predicted octanol–water partition coefficient (Wildman–Crippen LogP) is 3.88. The molecule has 1 N–H and O–H groups in total. The Morgan fingerprint density at radius 2 is 1.73 bits per heavy atom. The molecular weight excluding hydrogens is 374 g/mol. The normalized spacial score (nSPS) is 12.7. The van der Waals surface area contributed by atoms with Crippen LogP contribution in [0.2, 0.25) is 5.02 Å². The first-order valence-corrected chi connectivity index (χ1v) is 10.3. The lowest BCUT2D eigenvalue weighted by Crippen LogP contribution is -2.31. The van der Waals surface area contributed by atoms with E-state index in [-0.39, 0.29) is 33.3 Å². The number of halogens is 1. The van der Waals surface area contributed by atoms with Gasteiger partial charge in [0.05, 0.1) is 23.1 Å². The molecule has 0 spiro atoms. The van der Waals surface area contributed by atoms with Crippen molar-refractivity contribution >= 4 is 27.3 Å². The summed E-state index contributed by atoms with van der Waals surface area (Å²) in [7, 11) is -1.93. The fourth-order valence-electron chi connectivity index (χ4n) is 2.60. The molecule has 2 aromatic carbocycles. The highest BCUT2D eigenvalue weighted by atomic mass is 35.5. The second-order valence-corrected chi connectivity index (χ2v) is 8.78. The maximum Gasteiger partial charge on any atom is 0.251 e. The van der Waals surface area contributed by atoms with E-state index in [0.29, 0.717) is 0 Å². The predicted molar refractivity (Wildman–Crippen MR) is 103 cm³/mol. The average Bonchev–Trinajstić information content (AvgIpc) is 2.58.